The summed E-state index contributed by atoms with van der Waals surface area (Å²) in [4.78, 5) is 4.21. The standard InChI is InChI=1S/C13H18N4O/c1-18-10-13(4-2-5-17-13)9-16-12-7-11(8-14)3-6-15-12/h3,6-7,17H,2,4-5,9-10H2,1H3,(H,15,16). The molecule has 0 radical (unpaired) electrons. The highest BCUT2D eigenvalue weighted by atomic mass is 16.5. The summed E-state index contributed by atoms with van der Waals surface area (Å²) in [5.74, 6) is 0.734. The van der Waals surface area contributed by atoms with Gasteiger partial charge in [-0.05, 0) is 31.5 Å². The Morgan fingerprint density at radius 3 is 3.22 bits per heavy atom. The van der Waals surface area contributed by atoms with Crippen LogP contribution in [0.3, 0.4) is 0 Å². The van der Waals surface area contributed by atoms with Crippen LogP contribution in [0.25, 0.3) is 0 Å². The number of hydrogen-bond donors (Lipinski definition) is 2. The fourth-order valence-electron chi connectivity index (χ4n) is 2.33. The minimum absolute atomic E-state index is 0.0148. The monoisotopic (exact) mass is 246 g/mol. The molecule has 1 unspecified atom stereocenters. The van der Waals surface area contributed by atoms with Crippen LogP contribution in [0.5, 0.6) is 0 Å². The maximum Gasteiger partial charge on any atom is 0.127 e. The molecule has 5 nitrogen and oxygen atoms in total. The van der Waals surface area contributed by atoms with Gasteiger partial charge in [0.2, 0.25) is 0 Å². The number of nitrogens with zero attached hydrogens (tertiary/aromatic N) is 2. The molecule has 1 atom stereocenters. The molecule has 1 aromatic heterocycles. The van der Waals surface area contributed by atoms with E-state index in [0.717, 1.165) is 31.7 Å². The second-order valence-corrected chi connectivity index (χ2v) is 4.64. The van der Waals surface area contributed by atoms with Gasteiger partial charge in [0.1, 0.15) is 5.82 Å². The van der Waals surface area contributed by atoms with Crippen LogP contribution in [0.2, 0.25) is 0 Å². The van der Waals surface area contributed by atoms with Crippen molar-refractivity contribution in [3.8, 4) is 6.07 Å². The molecule has 1 aromatic rings. The number of anilines is 1. The van der Waals surface area contributed by atoms with Gasteiger partial charge in [-0.15, -0.1) is 0 Å². The number of pyridine rings is 1. The highest BCUT2D eigenvalue weighted by molar-refractivity contribution is 5.42. The Labute approximate surface area is 107 Å². The molecular formula is C13H18N4O. The van der Waals surface area contributed by atoms with Crippen molar-refractivity contribution in [3.63, 3.8) is 0 Å². The van der Waals surface area contributed by atoms with Crippen LogP contribution in [0, 0.1) is 11.3 Å². The van der Waals surface area contributed by atoms with Gasteiger partial charge in [-0.25, -0.2) is 4.98 Å². The van der Waals surface area contributed by atoms with E-state index in [2.05, 4.69) is 21.7 Å². The van der Waals surface area contributed by atoms with Crippen molar-refractivity contribution in [2.75, 3.05) is 32.1 Å². The first-order valence-electron chi connectivity index (χ1n) is 6.12. The Balaban J connectivity index is 1.99. The fourth-order valence-corrected chi connectivity index (χ4v) is 2.33. The molecule has 0 spiro atoms. The third-order valence-corrected chi connectivity index (χ3v) is 3.25. The van der Waals surface area contributed by atoms with E-state index in [0.29, 0.717) is 12.2 Å². The van der Waals surface area contributed by atoms with Gasteiger partial charge in [0.05, 0.1) is 23.8 Å². The van der Waals surface area contributed by atoms with Gasteiger partial charge < -0.3 is 15.4 Å². The summed E-state index contributed by atoms with van der Waals surface area (Å²) in [6.45, 7) is 2.46. The number of aromatic nitrogens is 1. The lowest BCUT2D eigenvalue weighted by Crippen LogP contribution is -2.49. The summed E-state index contributed by atoms with van der Waals surface area (Å²) >= 11 is 0. The zero-order valence-corrected chi connectivity index (χ0v) is 10.6. The average molecular weight is 246 g/mol. The van der Waals surface area contributed by atoms with Crippen LogP contribution in [-0.2, 0) is 4.74 Å². The van der Waals surface area contributed by atoms with Crippen molar-refractivity contribution in [1.82, 2.24) is 10.3 Å². The number of nitrogens with one attached hydrogen (secondary N) is 2. The lowest BCUT2D eigenvalue weighted by atomic mass is 9.98. The molecule has 5 heteroatoms. The van der Waals surface area contributed by atoms with E-state index in [1.807, 2.05) is 0 Å². The highest BCUT2D eigenvalue weighted by Gasteiger charge is 2.33. The van der Waals surface area contributed by atoms with Gasteiger partial charge in [0.15, 0.2) is 0 Å². The van der Waals surface area contributed by atoms with Gasteiger partial charge >= 0.3 is 0 Å². The van der Waals surface area contributed by atoms with E-state index in [1.54, 1.807) is 25.4 Å². The van der Waals surface area contributed by atoms with Crippen LogP contribution in [0.1, 0.15) is 18.4 Å². The summed E-state index contributed by atoms with van der Waals surface area (Å²) < 4.78 is 5.29. The van der Waals surface area contributed by atoms with E-state index in [1.165, 1.54) is 0 Å². The third kappa shape index (κ3) is 2.97. The normalized spacial score (nSPS) is 22.7. The highest BCUT2D eigenvalue weighted by Crippen LogP contribution is 2.20. The molecule has 18 heavy (non-hydrogen) atoms. The Morgan fingerprint density at radius 2 is 2.56 bits per heavy atom. The SMILES string of the molecule is COCC1(CNc2cc(C#N)ccn2)CCCN1. The molecule has 1 fully saturated rings. The lowest BCUT2D eigenvalue weighted by molar-refractivity contribution is 0.127. The number of rotatable bonds is 5. The molecular weight excluding hydrogens is 228 g/mol. The summed E-state index contributed by atoms with van der Waals surface area (Å²) in [6, 6.07) is 5.57. The molecule has 96 valence electrons. The van der Waals surface area contributed by atoms with Crippen LogP contribution < -0.4 is 10.6 Å². The number of ether oxygens (including phenoxy) is 1. The minimum Gasteiger partial charge on any atom is -0.383 e. The second-order valence-electron chi connectivity index (χ2n) is 4.64. The lowest BCUT2D eigenvalue weighted by Gasteiger charge is -2.29. The average Bonchev–Trinajstić information content (AvgIpc) is 2.86. The van der Waals surface area contributed by atoms with Crippen molar-refractivity contribution in [1.29, 1.82) is 5.26 Å². The molecule has 1 saturated heterocycles. The largest absolute Gasteiger partial charge is 0.383 e. The Kier molecular flexibility index (Phi) is 4.13. The summed E-state index contributed by atoms with van der Waals surface area (Å²) in [5.41, 5.74) is 0.603. The molecule has 1 aliphatic rings. The van der Waals surface area contributed by atoms with Gasteiger partial charge in [0.25, 0.3) is 0 Å². The molecule has 2 rings (SSSR count). The summed E-state index contributed by atoms with van der Waals surface area (Å²) in [6.07, 6.45) is 3.90. The minimum atomic E-state index is -0.0148. The van der Waals surface area contributed by atoms with Gasteiger partial charge in [-0.1, -0.05) is 0 Å². The smallest absolute Gasteiger partial charge is 0.127 e. The number of methoxy groups -OCH3 is 1. The van der Waals surface area contributed by atoms with Gasteiger partial charge in [-0.2, -0.15) is 5.26 Å². The van der Waals surface area contributed by atoms with Crippen molar-refractivity contribution in [2.24, 2.45) is 0 Å². The zero-order chi connectivity index (χ0) is 12.8. The van der Waals surface area contributed by atoms with Crippen molar-refractivity contribution in [2.45, 2.75) is 18.4 Å². The Bertz CT molecular complexity index is 435. The van der Waals surface area contributed by atoms with E-state index in [-0.39, 0.29) is 5.54 Å². The molecule has 0 amide bonds. The van der Waals surface area contributed by atoms with Gasteiger partial charge in [-0.3, -0.25) is 0 Å². The predicted octanol–water partition coefficient (Wildman–Crippen LogP) is 1.13. The maximum atomic E-state index is 8.84. The van der Waals surface area contributed by atoms with Gasteiger partial charge in [0, 0.05) is 19.9 Å². The first-order chi connectivity index (χ1) is 8.78. The third-order valence-electron chi connectivity index (χ3n) is 3.25. The summed E-state index contributed by atoms with van der Waals surface area (Å²) in [5, 5.41) is 15.6. The summed E-state index contributed by atoms with van der Waals surface area (Å²) in [7, 11) is 1.72. The van der Waals surface area contributed by atoms with Crippen LogP contribution in [0.15, 0.2) is 18.3 Å². The number of hydrogen-bond acceptors (Lipinski definition) is 5. The quantitative estimate of drug-likeness (QED) is 0.815. The maximum absolute atomic E-state index is 8.84. The van der Waals surface area contributed by atoms with E-state index < -0.39 is 0 Å². The Morgan fingerprint density at radius 1 is 1.67 bits per heavy atom. The fraction of sp³-hybridized carbons (Fsp3) is 0.538. The van der Waals surface area contributed by atoms with Crippen molar-refractivity contribution >= 4 is 5.82 Å². The Hall–Kier alpha value is -1.64. The molecule has 0 aromatic carbocycles. The molecule has 0 saturated carbocycles. The van der Waals surface area contributed by atoms with Crippen LogP contribution in [-0.4, -0.2) is 37.3 Å². The van der Waals surface area contributed by atoms with Crippen molar-refractivity contribution in [3.05, 3.63) is 23.9 Å². The van der Waals surface area contributed by atoms with E-state index >= 15 is 0 Å². The molecule has 0 aliphatic carbocycles. The first kappa shape index (κ1) is 12.8. The molecule has 2 N–H and O–H groups in total. The zero-order valence-electron chi connectivity index (χ0n) is 10.6. The van der Waals surface area contributed by atoms with E-state index in [4.69, 9.17) is 10.00 Å². The van der Waals surface area contributed by atoms with Crippen molar-refractivity contribution < 1.29 is 4.74 Å². The number of nitriles is 1. The molecule has 0 bridgehead atoms. The first-order valence-corrected chi connectivity index (χ1v) is 6.12. The second kappa shape index (κ2) is 5.80. The predicted molar refractivity (Wildman–Crippen MR) is 69.3 cm³/mol. The molecule has 1 aliphatic heterocycles. The van der Waals surface area contributed by atoms with E-state index in [9.17, 15) is 0 Å². The van der Waals surface area contributed by atoms with Crippen LogP contribution in [0.4, 0.5) is 5.82 Å². The molecule has 2 heterocycles. The van der Waals surface area contributed by atoms with Crippen LogP contribution >= 0.6 is 0 Å². The topological polar surface area (TPSA) is 70.0 Å².